The standard InChI is InChI=1S/C25H28N6O3S.C19H24N6O3S.C18H22N6O3S/c32-35(33,29-15-19-7-3-1-4-8-19)22-13-11-21(12-14-22)31(34-17-20-9-5-2-6-10-20)25-26-16-23-24(30-25)28-18-27-23;20-29(26,27)15-8-6-13(7-9-15)10-21-19-24-17-16(22-12-23-17)18(25-19)28-11-14-4-2-1-3-5-14;19-28(25,26)14-8-6-13(7-9-14)22-18-23-16-15(20-11-21-16)17(24-18)27-10-12-4-2-1-3-5-12/h1,3-4,7-8,11-14,16,18,20,29H,2,5-6,9-10,15,17H2,(H,26,27,28,30);6-9,12,14H,1-5,10-11H2,(H2,20,26,27)(H2,21,22,23,24,25);6-9,11-12H,1-5,10H2,(H2,19,25,26)(H2,20,21,22,23,24). The van der Waals surface area contributed by atoms with E-state index in [4.69, 9.17) is 24.6 Å². The fraction of sp³-hybridized carbons (Fsp3) is 0.371. The number of sulfonamides is 3. The summed E-state index contributed by atoms with van der Waals surface area (Å²) in [6.45, 7) is 2.44. The lowest BCUT2D eigenvalue weighted by atomic mass is 9.90. The molecule has 0 atom stereocenters. The lowest BCUT2D eigenvalue weighted by Gasteiger charge is -2.26. The molecule has 0 bridgehead atoms. The molecule has 3 aliphatic rings. The van der Waals surface area contributed by atoms with Crippen LogP contribution in [0.2, 0.25) is 0 Å². The molecule has 13 rings (SSSR count). The maximum absolute atomic E-state index is 12.8. The smallest absolute Gasteiger partial charge is 0.256 e. The van der Waals surface area contributed by atoms with Crippen molar-refractivity contribution in [2.75, 3.05) is 35.5 Å². The van der Waals surface area contributed by atoms with Gasteiger partial charge < -0.3 is 35.1 Å². The molecule has 3 fully saturated rings. The zero-order chi connectivity index (χ0) is 63.9. The van der Waals surface area contributed by atoms with E-state index in [1.165, 1.54) is 108 Å². The van der Waals surface area contributed by atoms with Gasteiger partial charge in [0.15, 0.2) is 16.9 Å². The molecule has 10 aromatic rings. The Hall–Kier alpha value is -8.78. The van der Waals surface area contributed by atoms with Crippen molar-refractivity contribution in [1.29, 1.82) is 0 Å². The molecule has 3 aliphatic carbocycles. The fourth-order valence-corrected chi connectivity index (χ4v) is 13.2. The number of nitrogens with two attached hydrogens (primary N) is 2. The summed E-state index contributed by atoms with van der Waals surface area (Å²) in [4.78, 5) is 54.9. The molecule has 10 N–H and O–H groups in total. The van der Waals surface area contributed by atoms with Gasteiger partial charge in [0.1, 0.15) is 16.6 Å². The number of aromatic amines is 3. The Morgan fingerprint density at radius 3 is 1.54 bits per heavy atom. The molecule has 0 radical (unpaired) electrons. The number of hydrogen-bond acceptors (Lipinski definition) is 21. The van der Waals surface area contributed by atoms with Gasteiger partial charge in [0.25, 0.3) is 5.95 Å². The lowest BCUT2D eigenvalue weighted by molar-refractivity contribution is 0.0833. The second-order valence-electron chi connectivity index (χ2n) is 23.0. The van der Waals surface area contributed by atoms with E-state index in [2.05, 4.69) is 75.2 Å². The van der Waals surface area contributed by atoms with Gasteiger partial charge in [0.2, 0.25) is 53.7 Å². The van der Waals surface area contributed by atoms with Gasteiger partial charge in [0.05, 0.1) is 65.4 Å². The molecule has 484 valence electrons. The number of ether oxygens (including phenoxy) is 2. The predicted octanol–water partition coefficient (Wildman–Crippen LogP) is 9.76. The maximum atomic E-state index is 12.8. The second-order valence-corrected chi connectivity index (χ2v) is 27.9. The number of imidazole rings is 3. The highest BCUT2D eigenvalue weighted by atomic mass is 32.2. The van der Waals surface area contributed by atoms with Gasteiger partial charge >= 0.3 is 0 Å². The molecule has 30 heteroatoms. The van der Waals surface area contributed by atoms with E-state index in [0.29, 0.717) is 113 Å². The summed E-state index contributed by atoms with van der Waals surface area (Å²) in [6, 6.07) is 28.3. The number of anilines is 5. The van der Waals surface area contributed by atoms with Crippen molar-refractivity contribution < 1.29 is 39.6 Å². The molecule has 0 aliphatic heterocycles. The van der Waals surface area contributed by atoms with Gasteiger partial charge in [-0.3, -0.25) is 4.84 Å². The third-order valence-corrected chi connectivity index (χ3v) is 19.5. The molecular weight excluding hydrogens is 1240 g/mol. The van der Waals surface area contributed by atoms with Crippen LogP contribution in [0.4, 0.5) is 29.2 Å². The van der Waals surface area contributed by atoms with Gasteiger partial charge in [-0.2, -0.15) is 30.0 Å². The minimum absolute atomic E-state index is 0.0400. The zero-order valence-electron chi connectivity index (χ0n) is 50.5. The van der Waals surface area contributed by atoms with Crippen molar-refractivity contribution in [3.8, 4) is 11.8 Å². The summed E-state index contributed by atoms with van der Waals surface area (Å²) in [6.07, 6.45) is 24.7. The maximum Gasteiger partial charge on any atom is 0.256 e. The molecule has 6 heterocycles. The van der Waals surface area contributed by atoms with Crippen molar-refractivity contribution in [3.63, 3.8) is 0 Å². The fourth-order valence-electron chi connectivity index (χ4n) is 11.1. The number of fused-ring (bicyclic) bond motifs is 3. The quantitative estimate of drug-likeness (QED) is 0.0292. The molecule has 92 heavy (non-hydrogen) atoms. The normalized spacial score (nSPS) is 15.3. The van der Waals surface area contributed by atoms with Crippen LogP contribution in [-0.4, -0.2) is 105 Å². The summed E-state index contributed by atoms with van der Waals surface area (Å²) < 4.78 is 85.7. The van der Waals surface area contributed by atoms with Crippen LogP contribution >= 0.6 is 0 Å². The Morgan fingerprint density at radius 2 is 0.978 bits per heavy atom. The average molecular weight is 1310 g/mol. The van der Waals surface area contributed by atoms with E-state index < -0.39 is 30.1 Å². The van der Waals surface area contributed by atoms with Gasteiger partial charge in [-0.15, -0.1) is 0 Å². The minimum Gasteiger partial charge on any atom is -0.476 e. The topological polar surface area (TPSA) is 385 Å². The van der Waals surface area contributed by atoms with Crippen LogP contribution in [-0.2, 0) is 48.0 Å². The molecule has 0 unspecified atom stereocenters. The molecule has 27 nitrogen and oxygen atoms in total. The third kappa shape index (κ3) is 17.6. The number of hydrogen-bond donors (Lipinski definition) is 8. The minimum atomic E-state index is -3.73. The number of primary sulfonamides is 2. The summed E-state index contributed by atoms with van der Waals surface area (Å²) in [5, 5.41) is 18.0. The van der Waals surface area contributed by atoms with Crippen LogP contribution in [0, 0.1) is 17.8 Å². The Kier molecular flexibility index (Phi) is 21.2. The second kappa shape index (κ2) is 30.1. The number of aromatic nitrogens is 12. The highest BCUT2D eigenvalue weighted by molar-refractivity contribution is 7.89. The molecule has 0 amide bonds. The SMILES string of the molecule is NS(=O)(=O)c1ccc(CNc2nc(OCC3CCCCC3)c3[nH]cnc3n2)cc1.NS(=O)(=O)c1ccc(Nc2nc(OCC3CCCCC3)c3[nH]cnc3n2)cc1.O=S(=O)(NCc1ccccc1)c1ccc(N(OCC2CCCCC2)c2ncc3[nH]cnc3n2)cc1. The Morgan fingerprint density at radius 1 is 0.489 bits per heavy atom. The summed E-state index contributed by atoms with van der Waals surface area (Å²) >= 11 is 0. The molecule has 4 aromatic carbocycles. The third-order valence-electron chi connectivity index (χ3n) is 16.2. The van der Waals surface area contributed by atoms with Crippen molar-refractivity contribution in [2.45, 2.75) is 124 Å². The molecule has 6 aromatic heterocycles. The molecular formula is C62H74N18O9S3. The Bertz CT molecular complexity index is 4370. The number of nitrogens with one attached hydrogen (secondary N) is 6. The van der Waals surface area contributed by atoms with Crippen molar-refractivity contribution in [3.05, 3.63) is 139 Å². The monoisotopic (exact) mass is 1310 g/mol. The first kappa shape index (κ1) is 64.7. The average Bonchev–Trinajstić information content (AvgIpc) is 1.61. The van der Waals surface area contributed by atoms with Gasteiger partial charge in [-0.25, -0.2) is 60.2 Å². The Labute approximate surface area is 532 Å². The molecule has 0 saturated heterocycles. The number of benzene rings is 4. The van der Waals surface area contributed by atoms with Crippen LogP contribution in [0.3, 0.4) is 0 Å². The first-order valence-corrected chi connectivity index (χ1v) is 35.3. The summed E-state index contributed by atoms with van der Waals surface area (Å²) in [7, 11) is -11.1. The molecule has 3 saturated carbocycles. The van der Waals surface area contributed by atoms with Crippen molar-refractivity contribution in [2.24, 2.45) is 28.0 Å². The Balaban J connectivity index is 0.000000143. The van der Waals surface area contributed by atoms with Crippen LogP contribution in [0.25, 0.3) is 33.5 Å². The van der Waals surface area contributed by atoms with E-state index in [0.717, 1.165) is 29.5 Å². The lowest BCUT2D eigenvalue weighted by Crippen LogP contribution is -2.25. The number of H-pyrrole nitrogens is 3. The van der Waals surface area contributed by atoms with Crippen LogP contribution in [0.1, 0.15) is 107 Å². The van der Waals surface area contributed by atoms with Crippen molar-refractivity contribution >= 4 is 92.8 Å². The van der Waals surface area contributed by atoms with Crippen LogP contribution in [0.5, 0.6) is 11.8 Å². The van der Waals surface area contributed by atoms with Gasteiger partial charge in [-0.1, -0.05) is 100 Å². The largest absolute Gasteiger partial charge is 0.476 e. The predicted molar refractivity (Wildman–Crippen MR) is 347 cm³/mol. The van der Waals surface area contributed by atoms with Crippen molar-refractivity contribution in [1.82, 2.24) is 64.5 Å². The van der Waals surface area contributed by atoms with E-state index in [1.54, 1.807) is 78.8 Å². The van der Waals surface area contributed by atoms with Gasteiger partial charge in [0, 0.05) is 18.8 Å². The summed E-state index contributed by atoms with van der Waals surface area (Å²) in [5.74, 6) is 3.59. The van der Waals surface area contributed by atoms with Crippen LogP contribution in [0.15, 0.2) is 143 Å². The van der Waals surface area contributed by atoms with E-state index in [-0.39, 0.29) is 21.2 Å². The first-order chi connectivity index (χ1) is 44.6. The summed E-state index contributed by atoms with van der Waals surface area (Å²) in [5.41, 5.74) is 6.65. The van der Waals surface area contributed by atoms with Gasteiger partial charge in [-0.05, 0) is 128 Å². The molecule has 0 spiro atoms. The first-order valence-electron chi connectivity index (χ1n) is 30.7. The zero-order valence-corrected chi connectivity index (χ0v) is 53.0. The van der Waals surface area contributed by atoms with E-state index in [1.807, 2.05) is 30.3 Å². The number of nitrogens with zero attached hydrogens (tertiary/aromatic N) is 10. The van der Waals surface area contributed by atoms with E-state index >= 15 is 0 Å². The number of rotatable bonds is 22. The highest BCUT2D eigenvalue weighted by Gasteiger charge is 2.24. The van der Waals surface area contributed by atoms with Crippen LogP contribution < -0.4 is 40.2 Å². The van der Waals surface area contributed by atoms with E-state index in [9.17, 15) is 25.3 Å². The highest BCUT2D eigenvalue weighted by Crippen LogP contribution is 2.32.